The SMILES string of the molecule is CCCN(C)[C@H](C(=O)N[C@H](C(=O)N(C)[C@@H]([C@@H](C)CC)[C@@H](CC(=O)N1CCC[C@H]1[C@H](OC)[C@@H](C)C(=O)N[C@@H](Cc1ccccc1)C(=O)N(C)Cc1ccc(NC(=O)[C@H](CCCNC(N)=O)NC(=O)[C@@H](NC(=O)CCC(=O)N2CCC(C)(C(=O)NC(C)CC)CC2)C(C)C)cc1)OC)C(C)C)C(C)C. The molecule has 102 heavy (non-hydrogen) atoms. The number of ether oxygens (including phenoxy) is 2. The Hall–Kier alpha value is -7.71. The van der Waals surface area contributed by atoms with Crippen molar-refractivity contribution in [3.63, 3.8) is 0 Å². The molecule has 2 aromatic rings. The molecule has 0 bridgehead atoms. The predicted octanol–water partition coefficient (Wildman–Crippen LogP) is 6.14. The van der Waals surface area contributed by atoms with E-state index < -0.39 is 101 Å². The first-order valence-electron chi connectivity index (χ1n) is 37.0. The number of amides is 12. The second-order valence-electron chi connectivity index (χ2n) is 29.6. The second-order valence-corrected chi connectivity index (χ2v) is 29.6. The van der Waals surface area contributed by atoms with Gasteiger partial charge in [-0.3, -0.25) is 52.8 Å². The van der Waals surface area contributed by atoms with Gasteiger partial charge < -0.3 is 72.0 Å². The number of urea groups is 1. The van der Waals surface area contributed by atoms with Crippen LogP contribution in [-0.2, 0) is 70.4 Å². The summed E-state index contributed by atoms with van der Waals surface area (Å²) in [6.07, 6.45) is 3.17. The van der Waals surface area contributed by atoms with Crippen LogP contribution in [0.2, 0.25) is 0 Å². The zero-order chi connectivity index (χ0) is 76.3. The molecule has 0 saturated carbocycles. The topological polar surface area (TPSA) is 333 Å². The summed E-state index contributed by atoms with van der Waals surface area (Å²) in [4.78, 5) is 160. The van der Waals surface area contributed by atoms with Crippen LogP contribution in [0.5, 0.6) is 0 Å². The fourth-order valence-corrected chi connectivity index (χ4v) is 13.9. The van der Waals surface area contributed by atoms with Gasteiger partial charge in [-0.25, -0.2) is 4.79 Å². The molecule has 12 amide bonds. The summed E-state index contributed by atoms with van der Waals surface area (Å²) in [6, 6.07) is 9.82. The average molecular weight is 1430 g/mol. The molecule has 2 aliphatic rings. The molecule has 0 spiro atoms. The van der Waals surface area contributed by atoms with Crippen molar-refractivity contribution in [1.82, 2.24) is 56.4 Å². The molecule has 2 heterocycles. The van der Waals surface area contributed by atoms with E-state index in [1.165, 1.54) is 19.1 Å². The number of nitrogens with two attached hydrogens (primary N) is 1. The molecule has 4 rings (SSSR count). The van der Waals surface area contributed by atoms with Crippen molar-refractivity contribution >= 4 is 70.8 Å². The van der Waals surface area contributed by atoms with Gasteiger partial charge in [0.2, 0.25) is 59.1 Å². The number of benzene rings is 2. The maximum absolute atomic E-state index is 14.7. The molecular weight excluding hydrogens is 1300 g/mol. The third-order valence-corrected chi connectivity index (χ3v) is 20.5. The normalized spacial score (nSPS) is 17.7. The number of hydrogen-bond acceptors (Lipinski definition) is 14. The number of piperidine rings is 1. The predicted molar refractivity (Wildman–Crippen MR) is 395 cm³/mol. The Morgan fingerprint density at radius 3 is 1.84 bits per heavy atom. The summed E-state index contributed by atoms with van der Waals surface area (Å²) in [5.74, 6) is -5.15. The first-order chi connectivity index (χ1) is 48.2. The Morgan fingerprint density at radius 1 is 0.657 bits per heavy atom. The molecule has 0 radical (unpaired) electrons. The fourth-order valence-electron chi connectivity index (χ4n) is 13.9. The average Bonchev–Trinajstić information content (AvgIpc) is 1.40. The molecule has 2 fully saturated rings. The standard InChI is InChI=1S/C76H125N13O13/c1-19-40-85(14)65(49(8)9)71(96)84-64(48(6)7)73(98)87(16)66(50(10)20-2)59(101-17)45-62(92)89-41-26-30-58(89)67(102-18)52(12)68(93)82-57(44-53-27-23-22-24-28-53)72(97)86(15)46-54-31-33-55(34-32-54)80-69(94)56(29-25-39-78-75(77)100)81-70(95)63(47(4)5)83-60(90)35-36-61(91)88-42-37-76(13,38-43-88)74(99)79-51(11)21-3/h22-24,27-28,31-34,47-52,56-59,63-67H,19-21,25-26,29-30,35-46H2,1-18H3,(H,79,99)(H,80,94)(H,81,95)(H,82,93)(H,83,90)(H,84,96)(H3,77,78,100)/t50-,51?,52+,56-,57-,58-,59+,63-,64-,65-,66-,67+/m0/s1. The Kier molecular flexibility index (Phi) is 35.8. The van der Waals surface area contributed by atoms with Gasteiger partial charge in [0, 0.05) is 97.4 Å². The zero-order valence-electron chi connectivity index (χ0n) is 64.4. The number of likely N-dealkylation sites (N-methyl/N-ethyl adjacent to an activating group) is 3. The van der Waals surface area contributed by atoms with Gasteiger partial charge in [-0.15, -0.1) is 0 Å². The number of nitrogens with zero attached hydrogens (tertiary/aromatic N) is 5. The number of methoxy groups -OCH3 is 2. The van der Waals surface area contributed by atoms with Crippen molar-refractivity contribution in [1.29, 1.82) is 0 Å². The van der Waals surface area contributed by atoms with Crippen LogP contribution in [0.4, 0.5) is 10.5 Å². The Morgan fingerprint density at radius 2 is 1.28 bits per heavy atom. The van der Waals surface area contributed by atoms with Crippen molar-refractivity contribution in [3.8, 4) is 0 Å². The highest BCUT2D eigenvalue weighted by atomic mass is 16.5. The van der Waals surface area contributed by atoms with Gasteiger partial charge in [-0.05, 0) is 119 Å². The van der Waals surface area contributed by atoms with E-state index in [4.69, 9.17) is 15.2 Å². The highest BCUT2D eigenvalue weighted by Crippen LogP contribution is 2.33. The van der Waals surface area contributed by atoms with Gasteiger partial charge in [0.1, 0.15) is 24.2 Å². The minimum Gasteiger partial charge on any atom is -0.379 e. The molecule has 0 aromatic heterocycles. The van der Waals surface area contributed by atoms with Crippen molar-refractivity contribution in [2.24, 2.45) is 40.7 Å². The Labute approximate surface area is 607 Å². The van der Waals surface area contributed by atoms with E-state index in [0.29, 0.717) is 63.0 Å². The summed E-state index contributed by atoms with van der Waals surface area (Å²) in [5, 5.41) is 20.1. The smallest absolute Gasteiger partial charge is 0.312 e. The van der Waals surface area contributed by atoms with Crippen LogP contribution >= 0.6 is 0 Å². The Balaban J connectivity index is 1.45. The minimum atomic E-state index is -1.13. The molecule has 26 heteroatoms. The van der Waals surface area contributed by atoms with Crippen LogP contribution < -0.4 is 43.0 Å². The van der Waals surface area contributed by atoms with E-state index in [1.54, 1.807) is 73.8 Å². The number of rotatable bonds is 41. The molecule has 0 aliphatic carbocycles. The van der Waals surface area contributed by atoms with Crippen LogP contribution in [-0.4, -0.2) is 218 Å². The van der Waals surface area contributed by atoms with E-state index in [2.05, 4.69) is 44.1 Å². The number of carbonyl (C=O) groups is 11. The molecule has 572 valence electrons. The number of nitrogens with one attached hydrogen (secondary N) is 7. The summed E-state index contributed by atoms with van der Waals surface area (Å²) in [5.41, 5.74) is 6.56. The van der Waals surface area contributed by atoms with Crippen molar-refractivity contribution in [2.75, 3.05) is 73.4 Å². The third kappa shape index (κ3) is 25.6. The lowest BCUT2D eigenvalue weighted by atomic mass is 9.79. The minimum absolute atomic E-state index is 0.00117. The molecule has 2 saturated heterocycles. The summed E-state index contributed by atoms with van der Waals surface area (Å²) in [6.45, 7) is 27.1. The van der Waals surface area contributed by atoms with Gasteiger partial charge in [-0.2, -0.15) is 0 Å². The lowest BCUT2D eigenvalue weighted by molar-refractivity contribution is -0.148. The fraction of sp³-hybridized carbons (Fsp3) is 0.697. The highest BCUT2D eigenvalue weighted by Gasteiger charge is 2.45. The highest BCUT2D eigenvalue weighted by molar-refractivity contribution is 5.99. The molecule has 26 nitrogen and oxygen atoms in total. The number of primary amides is 1. The number of hydrogen-bond donors (Lipinski definition) is 8. The van der Waals surface area contributed by atoms with Crippen molar-refractivity contribution in [3.05, 3.63) is 65.7 Å². The van der Waals surface area contributed by atoms with Gasteiger partial charge in [0.15, 0.2) is 0 Å². The molecule has 2 aromatic carbocycles. The van der Waals surface area contributed by atoms with Crippen LogP contribution in [0.15, 0.2) is 54.6 Å². The quantitative estimate of drug-likeness (QED) is 0.0347. The van der Waals surface area contributed by atoms with E-state index in [-0.39, 0.29) is 111 Å². The van der Waals surface area contributed by atoms with E-state index >= 15 is 0 Å². The zero-order valence-corrected chi connectivity index (χ0v) is 64.4. The van der Waals surface area contributed by atoms with Gasteiger partial charge in [0.05, 0.1) is 42.7 Å². The van der Waals surface area contributed by atoms with Gasteiger partial charge >= 0.3 is 6.03 Å². The molecule has 1 unspecified atom stereocenters. The number of likely N-dealkylation sites (tertiary alicyclic amines) is 2. The largest absolute Gasteiger partial charge is 0.379 e. The van der Waals surface area contributed by atoms with Crippen LogP contribution in [0.1, 0.15) is 178 Å². The maximum atomic E-state index is 14.7. The lowest BCUT2D eigenvalue weighted by Gasteiger charge is -2.41. The van der Waals surface area contributed by atoms with Crippen LogP contribution in [0.25, 0.3) is 0 Å². The maximum Gasteiger partial charge on any atom is 0.312 e. The summed E-state index contributed by atoms with van der Waals surface area (Å²) in [7, 11) is 8.31. The number of anilines is 1. The lowest BCUT2D eigenvalue weighted by Crippen LogP contribution is -2.60. The Bertz CT molecular complexity index is 3050. The van der Waals surface area contributed by atoms with E-state index in [9.17, 15) is 52.7 Å². The van der Waals surface area contributed by atoms with E-state index in [1.807, 2.05) is 105 Å². The molecule has 12 atom stereocenters. The monoisotopic (exact) mass is 1430 g/mol. The first kappa shape index (κ1) is 86.7. The van der Waals surface area contributed by atoms with Gasteiger partial charge in [-0.1, -0.05) is 132 Å². The van der Waals surface area contributed by atoms with Crippen LogP contribution in [0.3, 0.4) is 0 Å². The summed E-state index contributed by atoms with van der Waals surface area (Å²) >= 11 is 0. The van der Waals surface area contributed by atoms with E-state index in [0.717, 1.165) is 24.9 Å². The van der Waals surface area contributed by atoms with Crippen molar-refractivity contribution in [2.45, 2.75) is 241 Å². The molecule has 2 aliphatic heterocycles. The number of carbonyl (C=O) groups excluding carboxylic acids is 11. The van der Waals surface area contributed by atoms with Crippen LogP contribution in [0, 0.1) is 35.0 Å². The first-order valence-corrected chi connectivity index (χ1v) is 37.0. The summed E-state index contributed by atoms with van der Waals surface area (Å²) < 4.78 is 12.3. The second kappa shape index (κ2) is 42.2. The molecule has 9 N–H and O–H groups in total. The third-order valence-electron chi connectivity index (χ3n) is 20.5. The molecular formula is C76H125N13O13. The van der Waals surface area contributed by atoms with Gasteiger partial charge in [0.25, 0.3) is 0 Å². The van der Waals surface area contributed by atoms with Crippen molar-refractivity contribution < 1.29 is 62.2 Å².